The van der Waals surface area contributed by atoms with Gasteiger partial charge in [0.15, 0.2) is 0 Å². The summed E-state index contributed by atoms with van der Waals surface area (Å²) in [6.45, 7) is 1.20. The second-order valence-electron chi connectivity index (χ2n) is 5.58. The van der Waals surface area contributed by atoms with E-state index in [2.05, 4.69) is 5.32 Å². The smallest absolute Gasteiger partial charge is 0.262 e. The molecular formula is C19H18N2O2. The van der Waals surface area contributed by atoms with Gasteiger partial charge in [0.25, 0.3) is 5.91 Å². The second-order valence-corrected chi connectivity index (χ2v) is 5.58. The van der Waals surface area contributed by atoms with E-state index in [9.17, 15) is 10.1 Å². The van der Waals surface area contributed by atoms with Crippen molar-refractivity contribution in [3.05, 3.63) is 53.6 Å². The van der Waals surface area contributed by atoms with E-state index in [1.807, 2.05) is 48.5 Å². The van der Waals surface area contributed by atoms with E-state index in [-0.39, 0.29) is 17.6 Å². The highest BCUT2D eigenvalue weighted by molar-refractivity contribution is 6.04. The Morgan fingerprint density at radius 3 is 2.91 bits per heavy atom. The van der Waals surface area contributed by atoms with Crippen molar-refractivity contribution in [1.82, 2.24) is 5.32 Å². The van der Waals surface area contributed by atoms with E-state index < -0.39 is 0 Å². The molecule has 2 aromatic carbocycles. The first-order chi connectivity index (χ1) is 11.3. The van der Waals surface area contributed by atoms with Gasteiger partial charge in [0.1, 0.15) is 11.6 Å². The maximum atomic E-state index is 12.2. The Hall–Kier alpha value is -2.64. The molecule has 1 atom stereocenters. The summed E-state index contributed by atoms with van der Waals surface area (Å²) in [5, 5.41) is 14.2. The Morgan fingerprint density at radius 2 is 2.13 bits per heavy atom. The third-order valence-electron chi connectivity index (χ3n) is 4.00. The summed E-state index contributed by atoms with van der Waals surface area (Å²) in [4.78, 5) is 12.2. The highest BCUT2D eigenvalue weighted by Gasteiger charge is 2.17. The zero-order valence-electron chi connectivity index (χ0n) is 12.8. The van der Waals surface area contributed by atoms with Crippen LogP contribution in [0.3, 0.4) is 0 Å². The number of carbonyl (C=O) groups excluding carboxylic acids is 1. The molecule has 1 N–H and O–H groups in total. The number of nitrogens with zero attached hydrogens (tertiary/aromatic N) is 1. The number of carbonyl (C=O) groups is 1. The molecule has 1 aliphatic heterocycles. The summed E-state index contributed by atoms with van der Waals surface area (Å²) in [5.74, 6) is -0.351. The molecule has 3 rings (SSSR count). The van der Waals surface area contributed by atoms with Crippen molar-refractivity contribution in [2.75, 3.05) is 13.2 Å². The number of ether oxygens (including phenoxy) is 1. The van der Waals surface area contributed by atoms with E-state index in [1.54, 1.807) is 6.08 Å². The maximum absolute atomic E-state index is 12.2. The first-order valence-electron chi connectivity index (χ1n) is 7.77. The van der Waals surface area contributed by atoms with Gasteiger partial charge in [-0.25, -0.2) is 0 Å². The molecule has 4 heteroatoms. The molecule has 1 aliphatic rings. The van der Waals surface area contributed by atoms with Crippen molar-refractivity contribution in [3.63, 3.8) is 0 Å². The number of hydrogen-bond donors (Lipinski definition) is 1. The molecule has 116 valence electrons. The molecule has 0 aromatic heterocycles. The summed E-state index contributed by atoms with van der Waals surface area (Å²) in [6, 6.07) is 15.8. The predicted octanol–water partition coefficient (Wildman–Crippen LogP) is 3.04. The van der Waals surface area contributed by atoms with E-state index >= 15 is 0 Å². The predicted molar refractivity (Wildman–Crippen MR) is 89.5 cm³/mol. The first kappa shape index (κ1) is 15.3. The number of amides is 1. The average molecular weight is 306 g/mol. The van der Waals surface area contributed by atoms with Gasteiger partial charge in [-0.3, -0.25) is 4.79 Å². The Bertz CT molecular complexity index is 778. The highest BCUT2D eigenvalue weighted by atomic mass is 16.5. The van der Waals surface area contributed by atoms with Crippen molar-refractivity contribution < 1.29 is 9.53 Å². The van der Waals surface area contributed by atoms with Crippen LogP contribution in [0.5, 0.6) is 0 Å². The molecule has 1 heterocycles. The van der Waals surface area contributed by atoms with Crippen LogP contribution >= 0.6 is 0 Å². The topological polar surface area (TPSA) is 62.1 Å². The minimum Gasteiger partial charge on any atom is -0.376 e. The molecule has 4 nitrogen and oxygen atoms in total. The largest absolute Gasteiger partial charge is 0.376 e. The van der Waals surface area contributed by atoms with Gasteiger partial charge in [-0.1, -0.05) is 42.5 Å². The van der Waals surface area contributed by atoms with Gasteiger partial charge in [0, 0.05) is 13.2 Å². The van der Waals surface area contributed by atoms with Crippen LogP contribution in [-0.2, 0) is 9.53 Å². The zero-order valence-corrected chi connectivity index (χ0v) is 12.8. The van der Waals surface area contributed by atoms with E-state index in [0.717, 1.165) is 35.8 Å². The lowest BCUT2D eigenvalue weighted by Crippen LogP contribution is -2.32. The van der Waals surface area contributed by atoms with Crippen molar-refractivity contribution in [2.45, 2.75) is 18.9 Å². The molecule has 0 radical (unpaired) electrons. The standard InChI is InChI=1S/C19H18N2O2/c20-12-16(19(22)21-13-17-8-4-10-23-17)11-15-7-3-6-14-5-1-2-9-18(14)15/h1-3,5-7,9,11,17H,4,8,10,13H2,(H,21,22)/b16-11+. The highest BCUT2D eigenvalue weighted by Crippen LogP contribution is 2.21. The van der Waals surface area contributed by atoms with E-state index in [0.29, 0.717) is 6.54 Å². The normalized spacial score (nSPS) is 17.9. The van der Waals surface area contributed by atoms with Crippen LogP contribution in [0.1, 0.15) is 18.4 Å². The number of nitrogens with one attached hydrogen (secondary N) is 1. The van der Waals surface area contributed by atoms with Gasteiger partial charge >= 0.3 is 0 Å². The minimum absolute atomic E-state index is 0.0662. The zero-order chi connectivity index (χ0) is 16.1. The Morgan fingerprint density at radius 1 is 1.30 bits per heavy atom. The molecule has 0 bridgehead atoms. The lowest BCUT2D eigenvalue weighted by atomic mass is 10.0. The van der Waals surface area contributed by atoms with Crippen LogP contribution in [0.2, 0.25) is 0 Å². The van der Waals surface area contributed by atoms with E-state index in [4.69, 9.17) is 4.74 Å². The fraction of sp³-hybridized carbons (Fsp3) is 0.263. The monoisotopic (exact) mass is 306 g/mol. The molecule has 1 saturated heterocycles. The van der Waals surface area contributed by atoms with Gasteiger partial charge in [-0.15, -0.1) is 0 Å². The van der Waals surface area contributed by atoms with Crippen molar-refractivity contribution in [1.29, 1.82) is 5.26 Å². The first-order valence-corrected chi connectivity index (χ1v) is 7.77. The third-order valence-corrected chi connectivity index (χ3v) is 4.00. The summed E-state index contributed by atoms with van der Waals surface area (Å²) in [5.41, 5.74) is 0.978. The SMILES string of the molecule is N#C/C(=C\c1cccc2ccccc12)C(=O)NCC1CCCO1. The average Bonchev–Trinajstić information content (AvgIpc) is 3.11. The molecule has 1 unspecified atom stereocenters. The van der Waals surface area contributed by atoms with Gasteiger partial charge in [0.2, 0.25) is 0 Å². The quantitative estimate of drug-likeness (QED) is 0.697. The number of hydrogen-bond acceptors (Lipinski definition) is 3. The van der Waals surface area contributed by atoms with Crippen LogP contribution in [0.15, 0.2) is 48.0 Å². The molecule has 0 spiro atoms. The van der Waals surface area contributed by atoms with Gasteiger partial charge in [-0.2, -0.15) is 5.26 Å². The lowest BCUT2D eigenvalue weighted by Gasteiger charge is -2.10. The number of benzene rings is 2. The van der Waals surface area contributed by atoms with Crippen molar-refractivity contribution >= 4 is 22.8 Å². The molecular weight excluding hydrogens is 288 g/mol. The Kier molecular flexibility index (Phi) is 4.70. The van der Waals surface area contributed by atoms with Crippen LogP contribution < -0.4 is 5.32 Å². The Balaban J connectivity index is 1.80. The summed E-state index contributed by atoms with van der Waals surface area (Å²) < 4.78 is 5.48. The second kappa shape index (κ2) is 7.08. The van der Waals surface area contributed by atoms with Crippen LogP contribution in [0.25, 0.3) is 16.8 Å². The molecule has 1 fully saturated rings. The van der Waals surface area contributed by atoms with Crippen molar-refractivity contribution in [3.8, 4) is 6.07 Å². The molecule has 0 aliphatic carbocycles. The number of nitriles is 1. The Labute approximate surface area is 135 Å². The fourth-order valence-electron chi connectivity index (χ4n) is 2.79. The van der Waals surface area contributed by atoms with Gasteiger partial charge < -0.3 is 10.1 Å². The van der Waals surface area contributed by atoms with Crippen LogP contribution in [0.4, 0.5) is 0 Å². The van der Waals surface area contributed by atoms with Gasteiger partial charge in [0.05, 0.1) is 6.10 Å². The number of fused-ring (bicyclic) bond motifs is 1. The maximum Gasteiger partial charge on any atom is 0.262 e. The van der Waals surface area contributed by atoms with Crippen LogP contribution in [-0.4, -0.2) is 25.2 Å². The number of rotatable bonds is 4. The lowest BCUT2D eigenvalue weighted by molar-refractivity contribution is -0.117. The molecule has 1 amide bonds. The van der Waals surface area contributed by atoms with Gasteiger partial charge in [-0.05, 0) is 35.3 Å². The molecule has 2 aromatic rings. The molecule has 0 saturated carbocycles. The molecule has 23 heavy (non-hydrogen) atoms. The fourth-order valence-corrected chi connectivity index (χ4v) is 2.79. The van der Waals surface area contributed by atoms with E-state index in [1.165, 1.54) is 0 Å². The third kappa shape index (κ3) is 3.58. The summed E-state index contributed by atoms with van der Waals surface area (Å²) in [7, 11) is 0. The minimum atomic E-state index is -0.351. The van der Waals surface area contributed by atoms with Crippen LogP contribution in [0, 0.1) is 11.3 Å². The van der Waals surface area contributed by atoms with Crippen molar-refractivity contribution in [2.24, 2.45) is 0 Å². The summed E-state index contributed by atoms with van der Waals surface area (Å²) >= 11 is 0. The summed E-state index contributed by atoms with van der Waals surface area (Å²) in [6.07, 6.45) is 3.69.